The number of allylic oxidation sites excluding steroid dienone is 5. The minimum absolute atomic E-state index is 0.0938. The van der Waals surface area contributed by atoms with Crippen molar-refractivity contribution >= 4 is 11.8 Å². The van der Waals surface area contributed by atoms with E-state index in [4.69, 9.17) is 5.11 Å². The molecule has 1 aliphatic carbocycles. The first-order chi connectivity index (χ1) is 11.5. The van der Waals surface area contributed by atoms with E-state index in [1.54, 1.807) is 12.2 Å². The van der Waals surface area contributed by atoms with Crippen molar-refractivity contribution in [3.05, 3.63) is 36.5 Å². The molecular weight excluding hydrogens is 304 g/mol. The molecule has 0 aromatic carbocycles. The number of hydrogen-bond acceptors (Lipinski definition) is 3. The summed E-state index contributed by atoms with van der Waals surface area (Å²) in [6.07, 6.45) is 17.0. The number of aliphatic carboxylic acids is 1. The number of carbonyl (C=O) groups excluding carboxylic acids is 1. The zero-order valence-electron chi connectivity index (χ0n) is 14.6. The number of aliphatic hydroxyl groups is 1. The van der Waals surface area contributed by atoms with Gasteiger partial charge in [0.05, 0.1) is 6.10 Å². The molecular formula is C20H30O4. The van der Waals surface area contributed by atoms with Gasteiger partial charge < -0.3 is 10.2 Å². The van der Waals surface area contributed by atoms with Crippen molar-refractivity contribution < 1.29 is 19.8 Å². The third-order valence-corrected chi connectivity index (χ3v) is 4.28. The summed E-state index contributed by atoms with van der Waals surface area (Å²) in [6.45, 7) is 2.13. The molecule has 0 amide bonds. The molecule has 3 atom stereocenters. The van der Waals surface area contributed by atoms with Crippen molar-refractivity contribution in [2.24, 2.45) is 11.8 Å². The van der Waals surface area contributed by atoms with Crippen LogP contribution in [0.2, 0.25) is 0 Å². The molecule has 0 heterocycles. The number of rotatable bonds is 12. The minimum Gasteiger partial charge on any atom is -0.481 e. The van der Waals surface area contributed by atoms with Crippen LogP contribution < -0.4 is 0 Å². The lowest BCUT2D eigenvalue weighted by Crippen LogP contribution is -2.14. The monoisotopic (exact) mass is 334 g/mol. The highest BCUT2D eigenvalue weighted by atomic mass is 16.4. The lowest BCUT2D eigenvalue weighted by atomic mass is 9.90. The summed E-state index contributed by atoms with van der Waals surface area (Å²) in [4.78, 5) is 22.4. The molecule has 0 aromatic rings. The summed E-state index contributed by atoms with van der Waals surface area (Å²) in [7, 11) is 0. The Morgan fingerprint density at radius 1 is 1.29 bits per heavy atom. The lowest BCUT2D eigenvalue weighted by Gasteiger charge is -2.13. The van der Waals surface area contributed by atoms with Crippen molar-refractivity contribution in [1.82, 2.24) is 0 Å². The third kappa shape index (κ3) is 8.25. The Hall–Kier alpha value is -1.68. The molecule has 0 saturated carbocycles. The number of hydrogen-bond donors (Lipinski definition) is 2. The molecule has 0 radical (unpaired) electrons. The van der Waals surface area contributed by atoms with Gasteiger partial charge in [0.2, 0.25) is 0 Å². The van der Waals surface area contributed by atoms with Crippen molar-refractivity contribution in [1.29, 1.82) is 0 Å². The summed E-state index contributed by atoms with van der Waals surface area (Å²) >= 11 is 0. The van der Waals surface area contributed by atoms with E-state index in [9.17, 15) is 14.7 Å². The second-order valence-corrected chi connectivity index (χ2v) is 6.39. The molecule has 4 heteroatoms. The molecule has 0 spiro atoms. The van der Waals surface area contributed by atoms with Gasteiger partial charge in [-0.05, 0) is 37.7 Å². The standard InChI is InChI=1S/C20H30O4/c1-2-3-6-10-17(21)13-14-18-16(12-15-19(18)22)9-7-4-5-8-11-20(23)24/h4,7,12-18,21H,2-3,5-6,8-11H2,1H3,(H,23,24)/b7-4+,14-13-/t16-,17-,18-/m0/s1. The van der Waals surface area contributed by atoms with Gasteiger partial charge in [-0.15, -0.1) is 0 Å². The zero-order chi connectivity index (χ0) is 17.8. The van der Waals surface area contributed by atoms with E-state index in [1.807, 2.05) is 24.3 Å². The van der Waals surface area contributed by atoms with Gasteiger partial charge in [-0.25, -0.2) is 0 Å². The number of unbranched alkanes of at least 4 members (excludes halogenated alkanes) is 3. The van der Waals surface area contributed by atoms with Crippen LogP contribution in [-0.2, 0) is 9.59 Å². The van der Waals surface area contributed by atoms with Crippen LogP contribution in [0.4, 0.5) is 0 Å². The van der Waals surface area contributed by atoms with Crippen LogP contribution in [0.1, 0.15) is 58.3 Å². The number of ketones is 1. The van der Waals surface area contributed by atoms with Crippen LogP contribution in [-0.4, -0.2) is 28.1 Å². The molecule has 0 bridgehead atoms. The van der Waals surface area contributed by atoms with Crippen LogP contribution in [0.3, 0.4) is 0 Å². The van der Waals surface area contributed by atoms with Crippen molar-refractivity contribution in [2.45, 2.75) is 64.4 Å². The molecule has 0 aliphatic heterocycles. The molecule has 4 nitrogen and oxygen atoms in total. The van der Waals surface area contributed by atoms with E-state index in [0.717, 1.165) is 38.5 Å². The Bertz CT molecular complexity index is 476. The summed E-state index contributed by atoms with van der Waals surface area (Å²) in [5.41, 5.74) is 0. The molecule has 2 N–H and O–H groups in total. The molecule has 0 saturated heterocycles. The smallest absolute Gasteiger partial charge is 0.303 e. The van der Waals surface area contributed by atoms with Crippen LogP contribution in [0.25, 0.3) is 0 Å². The quantitative estimate of drug-likeness (QED) is 0.417. The van der Waals surface area contributed by atoms with Gasteiger partial charge in [0.15, 0.2) is 5.78 Å². The van der Waals surface area contributed by atoms with E-state index in [1.165, 1.54) is 0 Å². The normalized spacial score (nSPS) is 22.0. The predicted molar refractivity (Wildman–Crippen MR) is 95.7 cm³/mol. The van der Waals surface area contributed by atoms with Gasteiger partial charge in [0, 0.05) is 12.3 Å². The first-order valence-corrected chi connectivity index (χ1v) is 8.99. The average Bonchev–Trinajstić information content (AvgIpc) is 2.89. The van der Waals surface area contributed by atoms with Crippen LogP contribution >= 0.6 is 0 Å². The molecule has 0 fully saturated rings. The first-order valence-electron chi connectivity index (χ1n) is 8.99. The molecule has 0 aromatic heterocycles. The Balaban J connectivity index is 2.38. The van der Waals surface area contributed by atoms with Gasteiger partial charge in [-0.3, -0.25) is 9.59 Å². The fourth-order valence-electron chi connectivity index (χ4n) is 2.81. The fraction of sp³-hybridized carbons (Fsp3) is 0.600. The number of carboxylic acid groups (broad SMARTS) is 1. The molecule has 134 valence electrons. The maximum atomic E-state index is 12.0. The van der Waals surface area contributed by atoms with Crippen molar-refractivity contribution in [2.75, 3.05) is 0 Å². The summed E-state index contributed by atoms with van der Waals surface area (Å²) < 4.78 is 0. The Kier molecular flexibility index (Phi) is 10.0. The number of aliphatic hydroxyl groups excluding tert-OH is 1. The highest BCUT2D eigenvalue weighted by molar-refractivity contribution is 5.95. The van der Waals surface area contributed by atoms with E-state index in [0.29, 0.717) is 6.42 Å². The second-order valence-electron chi connectivity index (χ2n) is 6.39. The number of carboxylic acids is 1. The van der Waals surface area contributed by atoms with Gasteiger partial charge in [0.25, 0.3) is 0 Å². The average molecular weight is 334 g/mol. The molecule has 0 unspecified atom stereocenters. The molecule has 1 aliphatic rings. The summed E-state index contributed by atoms with van der Waals surface area (Å²) in [6, 6.07) is 0. The van der Waals surface area contributed by atoms with Crippen LogP contribution in [0, 0.1) is 11.8 Å². The third-order valence-electron chi connectivity index (χ3n) is 4.28. The largest absolute Gasteiger partial charge is 0.481 e. The van der Waals surface area contributed by atoms with E-state index in [2.05, 4.69) is 6.92 Å². The maximum Gasteiger partial charge on any atom is 0.303 e. The van der Waals surface area contributed by atoms with Crippen LogP contribution in [0.5, 0.6) is 0 Å². The molecule has 1 rings (SSSR count). The highest BCUT2D eigenvalue weighted by Gasteiger charge is 2.26. The highest BCUT2D eigenvalue weighted by Crippen LogP contribution is 2.27. The Morgan fingerprint density at radius 2 is 2.08 bits per heavy atom. The van der Waals surface area contributed by atoms with Crippen LogP contribution in [0.15, 0.2) is 36.5 Å². The van der Waals surface area contributed by atoms with Gasteiger partial charge in [-0.1, -0.05) is 56.6 Å². The van der Waals surface area contributed by atoms with E-state index >= 15 is 0 Å². The van der Waals surface area contributed by atoms with Crippen molar-refractivity contribution in [3.63, 3.8) is 0 Å². The lowest BCUT2D eigenvalue weighted by molar-refractivity contribution is -0.137. The maximum absolute atomic E-state index is 12.0. The SMILES string of the molecule is CCCCC[C@H](O)/C=C\[C@@H]1C(=O)C=C[C@@H]1C/C=C/CCCC(=O)O. The number of carbonyl (C=O) groups is 2. The molecule has 24 heavy (non-hydrogen) atoms. The predicted octanol–water partition coefficient (Wildman–Crippen LogP) is 4.06. The van der Waals surface area contributed by atoms with Gasteiger partial charge >= 0.3 is 5.97 Å². The van der Waals surface area contributed by atoms with E-state index in [-0.39, 0.29) is 24.0 Å². The Labute approximate surface area is 145 Å². The van der Waals surface area contributed by atoms with Crippen molar-refractivity contribution in [3.8, 4) is 0 Å². The van der Waals surface area contributed by atoms with Gasteiger partial charge in [-0.2, -0.15) is 0 Å². The minimum atomic E-state index is -0.768. The first kappa shape index (κ1) is 20.4. The summed E-state index contributed by atoms with van der Waals surface area (Å²) in [5.74, 6) is -0.728. The fourth-order valence-corrected chi connectivity index (χ4v) is 2.81. The second kappa shape index (κ2) is 11.8. The topological polar surface area (TPSA) is 74.6 Å². The van der Waals surface area contributed by atoms with E-state index < -0.39 is 12.1 Å². The summed E-state index contributed by atoms with van der Waals surface area (Å²) in [5, 5.41) is 18.5. The van der Waals surface area contributed by atoms with Gasteiger partial charge in [0.1, 0.15) is 0 Å². The zero-order valence-corrected chi connectivity index (χ0v) is 14.6. The Morgan fingerprint density at radius 3 is 2.79 bits per heavy atom.